The maximum absolute atomic E-state index is 13.8. The van der Waals surface area contributed by atoms with Crippen LogP contribution in [0.4, 0.5) is 5.13 Å². The number of ether oxygens (including phenoxy) is 2. The number of aromatic nitrogens is 1. The fourth-order valence-electron chi connectivity index (χ4n) is 4.24. The Kier molecular flexibility index (Phi) is 9.97. The molecule has 0 unspecified atom stereocenters. The van der Waals surface area contributed by atoms with Crippen LogP contribution in [0.3, 0.4) is 0 Å². The highest BCUT2D eigenvalue weighted by atomic mass is 32.2. The molecule has 4 aromatic rings. The molecule has 0 aliphatic heterocycles. The Balaban J connectivity index is 1.69. The van der Waals surface area contributed by atoms with Crippen molar-refractivity contribution in [3.63, 3.8) is 0 Å². The number of benzene rings is 3. The lowest BCUT2D eigenvalue weighted by Gasteiger charge is -2.25. The van der Waals surface area contributed by atoms with E-state index in [1.165, 1.54) is 44.9 Å². The van der Waals surface area contributed by atoms with Crippen molar-refractivity contribution in [1.82, 2.24) is 9.29 Å². The van der Waals surface area contributed by atoms with Gasteiger partial charge in [0.15, 0.2) is 0 Å². The lowest BCUT2D eigenvalue weighted by Crippen LogP contribution is -2.37. The van der Waals surface area contributed by atoms with E-state index in [4.69, 9.17) is 9.47 Å². The van der Waals surface area contributed by atoms with Crippen LogP contribution in [0.25, 0.3) is 10.2 Å². The van der Waals surface area contributed by atoms with Crippen LogP contribution in [0.2, 0.25) is 0 Å². The fourth-order valence-corrected chi connectivity index (χ4v) is 6.96. The van der Waals surface area contributed by atoms with E-state index in [1.54, 1.807) is 38.6 Å². The van der Waals surface area contributed by atoms with Crippen LogP contribution >= 0.6 is 11.3 Å². The van der Waals surface area contributed by atoms with E-state index in [9.17, 15) is 13.2 Å². The minimum absolute atomic E-state index is 0.140. The van der Waals surface area contributed by atoms with Gasteiger partial charge in [-0.25, -0.2) is 13.4 Å². The first-order valence-electron chi connectivity index (χ1n) is 13.6. The van der Waals surface area contributed by atoms with Crippen molar-refractivity contribution < 1.29 is 22.7 Å². The number of rotatable bonds is 12. The Bertz CT molecular complexity index is 1640. The Morgan fingerprint density at radius 3 is 2.07 bits per heavy atom. The smallest absolute Gasteiger partial charge is 0.280 e. The Morgan fingerprint density at radius 1 is 0.905 bits per heavy atom. The van der Waals surface area contributed by atoms with E-state index >= 15 is 0 Å². The monoisotopic (exact) mass is 608 g/mol. The molecule has 4 rings (SSSR count). The molecule has 0 spiro atoms. The van der Waals surface area contributed by atoms with Gasteiger partial charge in [0, 0.05) is 18.7 Å². The number of thiazole rings is 1. The molecule has 0 fully saturated rings. The lowest BCUT2D eigenvalue weighted by atomic mass is 10.2. The number of fused-ring (bicyclic) bond motifs is 1. The number of nitrogens with zero attached hydrogens (tertiary/aromatic N) is 4. The number of anilines is 1. The van der Waals surface area contributed by atoms with Crippen molar-refractivity contribution in [2.24, 2.45) is 16.9 Å². The fraction of sp³-hybridized carbons (Fsp3) is 0.323. The van der Waals surface area contributed by atoms with Crippen LogP contribution in [-0.4, -0.2) is 57.1 Å². The van der Waals surface area contributed by atoms with Gasteiger partial charge in [0.25, 0.3) is 5.91 Å². The summed E-state index contributed by atoms with van der Waals surface area (Å²) in [6.45, 7) is 8.79. The lowest BCUT2D eigenvalue weighted by molar-refractivity contribution is 0.0987. The molecule has 9 nitrogen and oxygen atoms in total. The summed E-state index contributed by atoms with van der Waals surface area (Å²) >= 11 is 1.30. The van der Waals surface area contributed by atoms with Gasteiger partial charge in [0.1, 0.15) is 11.5 Å². The summed E-state index contributed by atoms with van der Waals surface area (Å²) in [5, 5.41) is 6.10. The van der Waals surface area contributed by atoms with Gasteiger partial charge in [-0.1, -0.05) is 39.0 Å². The summed E-state index contributed by atoms with van der Waals surface area (Å²) in [6, 6.07) is 18.7. The molecule has 0 N–H and O–H groups in total. The number of amides is 1. The number of methoxy groups -OCH3 is 2. The molecule has 11 heteroatoms. The van der Waals surface area contributed by atoms with Gasteiger partial charge in [-0.15, -0.1) is 0 Å². The Morgan fingerprint density at radius 2 is 1.50 bits per heavy atom. The minimum Gasteiger partial charge on any atom is -0.497 e. The minimum atomic E-state index is -3.74. The third-order valence-corrected chi connectivity index (χ3v) is 9.11. The van der Waals surface area contributed by atoms with Gasteiger partial charge in [-0.3, -0.25) is 4.79 Å². The zero-order chi connectivity index (χ0) is 30.4. The summed E-state index contributed by atoms with van der Waals surface area (Å²) < 4.78 is 39.9. The average molecular weight is 609 g/mol. The van der Waals surface area contributed by atoms with Crippen molar-refractivity contribution >= 4 is 48.8 Å². The van der Waals surface area contributed by atoms with E-state index in [0.29, 0.717) is 35.2 Å². The van der Waals surface area contributed by atoms with E-state index in [1.807, 2.05) is 52.0 Å². The summed E-state index contributed by atoms with van der Waals surface area (Å²) in [6.07, 6.45) is 1.57. The first-order valence-corrected chi connectivity index (χ1v) is 15.8. The largest absolute Gasteiger partial charge is 0.497 e. The SMILES string of the molecule is COc1ccc(/C=N/N(C(=O)c2ccc(S(=O)(=O)N(CC(C)C)CC(C)C)cc2)c2nc3ccc(OC)cc3s2)cc1. The molecular weight excluding hydrogens is 572 g/mol. The topological polar surface area (TPSA) is 101 Å². The van der Waals surface area contributed by atoms with Gasteiger partial charge in [-0.05, 0) is 84.1 Å². The molecule has 1 amide bonds. The first-order chi connectivity index (χ1) is 20.0. The molecule has 0 aliphatic carbocycles. The second-order valence-corrected chi connectivity index (χ2v) is 13.5. The number of hydrogen-bond donors (Lipinski definition) is 0. The van der Waals surface area contributed by atoms with Crippen molar-refractivity contribution in [2.45, 2.75) is 32.6 Å². The maximum atomic E-state index is 13.8. The Labute approximate surface area is 251 Å². The molecular formula is C31H36N4O5S2. The predicted octanol–water partition coefficient (Wildman–Crippen LogP) is 6.30. The predicted molar refractivity (Wildman–Crippen MR) is 168 cm³/mol. The number of carbonyl (C=O) groups is 1. The van der Waals surface area contributed by atoms with Crippen LogP contribution in [0.1, 0.15) is 43.6 Å². The highest BCUT2D eigenvalue weighted by molar-refractivity contribution is 7.89. The summed E-state index contributed by atoms with van der Waals surface area (Å²) in [7, 11) is -0.554. The van der Waals surface area contributed by atoms with Gasteiger partial charge in [0.05, 0.1) is 35.5 Å². The molecule has 0 saturated carbocycles. The molecule has 0 aliphatic rings. The molecule has 0 saturated heterocycles. The van der Waals surface area contributed by atoms with Gasteiger partial charge in [-0.2, -0.15) is 14.4 Å². The van der Waals surface area contributed by atoms with Crippen LogP contribution in [0.15, 0.2) is 76.7 Å². The number of hydrogen-bond acceptors (Lipinski definition) is 8. The number of hydrazone groups is 1. The first kappa shape index (κ1) is 31.1. The van der Waals surface area contributed by atoms with Crippen LogP contribution < -0.4 is 14.5 Å². The third kappa shape index (κ3) is 7.33. The maximum Gasteiger partial charge on any atom is 0.280 e. The van der Waals surface area contributed by atoms with E-state index in [-0.39, 0.29) is 22.3 Å². The van der Waals surface area contributed by atoms with Gasteiger partial charge < -0.3 is 9.47 Å². The van der Waals surface area contributed by atoms with Crippen molar-refractivity contribution in [3.05, 3.63) is 77.9 Å². The van der Waals surface area contributed by atoms with Gasteiger partial charge >= 0.3 is 0 Å². The average Bonchev–Trinajstić information content (AvgIpc) is 3.39. The Hall–Kier alpha value is -3.80. The van der Waals surface area contributed by atoms with E-state index < -0.39 is 15.9 Å². The molecule has 0 atom stereocenters. The number of sulfonamides is 1. The molecule has 42 heavy (non-hydrogen) atoms. The summed E-state index contributed by atoms with van der Waals surface area (Å²) in [4.78, 5) is 18.6. The summed E-state index contributed by atoms with van der Waals surface area (Å²) in [5.74, 6) is 1.28. The quantitative estimate of drug-likeness (QED) is 0.138. The molecule has 0 radical (unpaired) electrons. The van der Waals surface area contributed by atoms with Crippen LogP contribution in [-0.2, 0) is 10.0 Å². The van der Waals surface area contributed by atoms with Gasteiger partial charge in [0.2, 0.25) is 15.2 Å². The van der Waals surface area contributed by atoms with E-state index in [2.05, 4.69) is 10.1 Å². The third-order valence-electron chi connectivity index (χ3n) is 6.27. The zero-order valence-corrected chi connectivity index (χ0v) is 26.3. The highest BCUT2D eigenvalue weighted by Gasteiger charge is 2.27. The van der Waals surface area contributed by atoms with Crippen molar-refractivity contribution in [2.75, 3.05) is 32.3 Å². The molecule has 3 aromatic carbocycles. The molecule has 222 valence electrons. The van der Waals surface area contributed by atoms with Crippen molar-refractivity contribution in [1.29, 1.82) is 0 Å². The highest BCUT2D eigenvalue weighted by Crippen LogP contribution is 2.32. The molecule has 1 heterocycles. The number of carbonyl (C=O) groups excluding carboxylic acids is 1. The van der Waals surface area contributed by atoms with Crippen molar-refractivity contribution in [3.8, 4) is 11.5 Å². The normalized spacial score (nSPS) is 12.1. The molecule has 1 aromatic heterocycles. The second-order valence-electron chi connectivity index (χ2n) is 10.6. The molecule has 0 bridgehead atoms. The second kappa shape index (κ2) is 13.5. The van der Waals surface area contributed by atoms with Crippen LogP contribution in [0, 0.1) is 11.8 Å². The van der Waals surface area contributed by atoms with E-state index in [0.717, 1.165) is 10.3 Å². The zero-order valence-electron chi connectivity index (χ0n) is 24.6. The van der Waals surface area contributed by atoms with Crippen LogP contribution in [0.5, 0.6) is 11.5 Å². The standard InChI is InChI=1S/C31H36N4O5S2/c1-21(2)19-34(20-22(3)4)42(37,38)27-14-9-24(10-15-27)30(36)35(32-18-23-7-11-25(39-5)12-8-23)31-33-28-16-13-26(40-6)17-29(28)41-31/h7-18,21-22H,19-20H2,1-6H3/b32-18+. The summed E-state index contributed by atoms with van der Waals surface area (Å²) in [5.41, 5.74) is 1.73.